The number of rotatable bonds is 3. The summed E-state index contributed by atoms with van der Waals surface area (Å²) in [6.07, 6.45) is 0.840. The minimum atomic E-state index is -3.40. The Labute approximate surface area is 139 Å². The number of nitrogens with zero attached hydrogens (tertiary/aromatic N) is 1. The van der Waals surface area contributed by atoms with E-state index in [0.717, 1.165) is 16.5 Å². The fourth-order valence-electron chi connectivity index (χ4n) is 2.45. The Hall–Kier alpha value is -0.370. The quantitative estimate of drug-likeness (QED) is 0.907. The zero-order chi connectivity index (χ0) is 14.3. The lowest BCUT2D eigenvalue weighted by Crippen LogP contribution is -2.29. The molecule has 1 atom stereocenters. The lowest BCUT2D eigenvalue weighted by Gasteiger charge is -2.14. The predicted molar refractivity (Wildman–Crippen MR) is 90.0 cm³/mol. The Bertz CT molecular complexity index is 746. The van der Waals surface area contributed by atoms with Gasteiger partial charge in [-0.15, -0.1) is 23.7 Å². The lowest BCUT2D eigenvalue weighted by atomic mass is 10.1. The van der Waals surface area contributed by atoms with Gasteiger partial charge in [-0.05, 0) is 48.5 Å². The van der Waals surface area contributed by atoms with Crippen molar-refractivity contribution >= 4 is 55.5 Å². The molecule has 4 nitrogen and oxygen atoms in total. The topological polar surface area (TPSA) is 63.4 Å². The fourth-order valence-corrected chi connectivity index (χ4v) is 5.70. The van der Waals surface area contributed by atoms with Crippen LogP contribution < -0.4 is 5.73 Å². The highest BCUT2D eigenvalue weighted by Crippen LogP contribution is 2.34. The summed E-state index contributed by atoms with van der Waals surface area (Å²) in [7, 11) is -3.40. The van der Waals surface area contributed by atoms with E-state index >= 15 is 0 Å². The second-order valence-corrected chi connectivity index (χ2v) is 8.69. The van der Waals surface area contributed by atoms with E-state index in [2.05, 4.69) is 0 Å². The molecule has 1 unspecified atom stereocenters. The number of sulfonamides is 1. The highest BCUT2D eigenvalue weighted by atomic mass is 35.5. The number of fused-ring (bicyclic) bond motifs is 1. The molecule has 0 bridgehead atoms. The van der Waals surface area contributed by atoms with Crippen LogP contribution in [0, 0.1) is 5.92 Å². The maximum Gasteiger partial charge on any atom is 0.252 e. The van der Waals surface area contributed by atoms with Crippen LogP contribution in [-0.2, 0) is 10.0 Å². The molecule has 1 aromatic carbocycles. The average Bonchev–Trinajstić information content (AvgIpc) is 3.04. The van der Waals surface area contributed by atoms with Crippen molar-refractivity contribution in [2.45, 2.75) is 10.6 Å². The Balaban J connectivity index is 0.00000161. The molecule has 1 fully saturated rings. The predicted octanol–water partition coefficient (Wildman–Crippen LogP) is 2.95. The monoisotopic (exact) mass is 366 g/mol. The van der Waals surface area contributed by atoms with Gasteiger partial charge in [0.2, 0.25) is 0 Å². The van der Waals surface area contributed by atoms with Crippen LogP contribution in [0.25, 0.3) is 10.1 Å². The van der Waals surface area contributed by atoms with Crippen LogP contribution in [0.15, 0.2) is 28.5 Å². The molecule has 2 aromatic rings. The third kappa shape index (κ3) is 3.21. The Morgan fingerprint density at radius 2 is 2.14 bits per heavy atom. The van der Waals surface area contributed by atoms with Gasteiger partial charge in [0, 0.05) is 22.8 Å². The van der Waals surface area contributed by atoms with Crippen molar-refractivity contribution in [2.24, 2.45) is 11.7 Å². The van der Waals surface area contributed by atoms with Gasteiger partial charge < -0.3 is 5.73 Å². The standard InChI is InChI=1S/C13H15ClN2O2S2.ClH/c14-11-1-2-12-10(5-11)6-13(19-12)20(17,18)16-4-3-9(7-15)8-16;/h1-2,5-6,9H,3-4,7-8,15H2;1H. The third-order valence-corrected chi connectivity index (χ3v) is 7.30. The maximum absolute atomic E-state index is 12.6. The minimum Gasteiger partial charge on any atom is -0.330 e. The first-order chi connectivity index (χ1) is 9.50. The first kappa shape index (κ1) is 17.0. The van der Waals surface area contributed by atoms with E-state index in [-0.39, 0.29) is 18.3 Å². The largest absolute Gasteiger partial charge is 0.330 e. The van der Waals surface area contributed by atoms with Crippen LogP contribution >= 0.6 is 35.3 Å². The van der Waals surface area contributed by atoms with Gasteiger partial charge in [-0.25, -0.2) is 8.42 Å². The van der Waals surface area contributed by atoms with E-state index < -0.39 is 10.0 Å². The van der Waals surface area contributed by atoms with E-state index in [9.17, 15) is 8.42 Å². The molecule has 0 spiro atoms. The zero-order valence-corrected chi connectivity index (χ0v) is 14.4. The molecule has 0 aliphatic carbocycles. The summed E-state index contributed by atoms with van der Waals surface area (Å²) in [5.41, 5.74) is 5.62. The van der Waals surface area contributed by atoms with Crippen molar-refractivity contribution in [2.75, 3.05) is 19.6 Å². The van der Waals surface area contributed by atoms with Gasteiger partial charge in [0.05, 0.1) is 0 Å². The molecular weight excluding hydrogens is 351 g/mol. The number of halogens is 2. The summed E-state index contributed by atoms with van der Waals surface area (Å²) >= 11 is 7.23. The normalized spacial score (nSPS) is 19.8. The number of nitrogens with two attached hydrogens (primary N) is 1. The third-order valence-electron chi connectivity index (χ3n) is 3.63. The summed E-state index contributed by atoms with van der Waals surface area (Å²) in [4.78, 5) is 0. The van der Waals surface area contributed by atoms with Crippen molar-refractivity contribution in [1.29, 1.82) is 0 Å². The van der Waals surface area contributed by atoms with Crippen molar-refractivity contribution in [3.05, 3.63) is 29.3 Å². The van der Waals surface area contributed by atoms with E-state index in [1.165, 1.54) is 15.6 Å². The van der Waals surface area contributed by atoms with Crippen molar-refractivity contribution in [1.82, 2.24) is 4.31 Å². The van der Waals surface area contributed by atoms with E-state index in [0.29, 0.717) is 28.9 Å². The van der Waals surface area contributed by atoms with Gasteiger partial charge in [0.1, 0.15) is 4.21 Å². The molecule has 116 valence electrons. The number of hydrogen-bond donors (Lipinski definition) is 1. The second kappa shape index (κ2) is 6.40. The molecule has 1 aromatic heterocycles. The Kier molecular flexibility index (Phi) is 5.18. The molecular formula is C13H16Cl2N2O2S2. The van der Waals surface area contributed by atoms with Gasteiger partial charge in [-0.2, -0.15) is 4.31 Å². The molecule has 0 saturated carbocycles. The first-order valence-corrected chi connectivity index (χ1v) is 9.03. The molecule has 21 heavy (non-hydrogen) atoms. The van der Waals surface area contributed by atoms with Gasteiger partial charge in [0.15, 0.2) is 0 Å². The fraction of sp³-hybridized carbons (Fsp3) is 0.385. The van der Waals surface area contributed by atoms with E-state index in [1.807, 2.05) is 6.07 Å². The minimum absolute atomic E-state index is 0. The van der Waals surface area contributed by atoms with Crippen LogP contribution in [-0.4, -0.2) is 32.4 Å². The van der Waals surface area contributed by atoms with Crippen molar-refractivity contribution in [3.8, 4) is 0 Å². The van der Waals surface area contributed by atoms with Crippen LogP contribution in [0.4, 0.5) is 0 Å². The molecule has 1 aliphatic heterocycles. The van der Waals surface area contributed by atoms with Gasteiger partial charge in [-0.3, -0.25) is 0 Å². The highest BCUT2D eigenvalue weighted by molar-refractivity contribution is 7.91. The molecule has 2 N–H and O–H groups in total. The molecule has 0 amide bonds. The second-order valence-electron chi connectivity index (χ2n) is 5.00. The molecule has 2 heterocycles. The van der Waals surface area contributed by atoms with Crippen molar-refractivity contribution < 1.29 is 8.42 Å². The molecule has 1 aliphatic rings. The molecule has 0 radical (unpaired) electrons. The zero-order valence-electron chi connectivity index (χ0n) is 11.2. The summed E-state index contributed by atoms with van der Waals surface area (Å²) in [5.74, 6) is 0.272. The van der Waals surface area contributed by atoms with Gasteiger partial charge in [-0.1, -0.05) is 11.6 Å². The maximum atomic E-state index is 12.6. The molecule has 1 saturated heterocycles. The summed E-state index contributed by atoms with van der Waals surface area (Å²) in [5, 5.41) is 1.49. The lowest BCUT2D eigenvalue weighted by molar-refractivity contribution is 0.460. The van der Waals surface area contributed by atoms with E-state index in [1.54, 1.807) is 18.2 Å². The number of thiophene rings is 1. The number of benzene rings is 1. The molecule has 3 rings (SSSR count). The summed E-state index contributed by atoms with van der Waals surface area (Å²) in [6, 6.07) is 7.13. The van der Waals surface area contributed by atoms with Gasteiger partial charge >= 0.3 is 0 Å². The highest BCUT2D eigenvalue weighted by Gasteiger charge is 2.32. The Morgan fingerprint density at radius 1 is 1.38 bits per heavy atom. The van der Waals surface area contributed by atoms with E-state index in [4.69, 9.17) is 17.3 Å². The first-order valence-electron chi connectivity index (χ1n) is 6.40. The van der Waals surface area contributed by atoms with Crippen LogP contribution in [0.2, 0.25) is 5.02 Å². The number of hydrogen-bond acceptors (Lipinski definition) is 4. The molecule has 8 heteroatoms. The SMILES string of the molecule is Cl.NCC1CCN(S(=O)(=O)c2cc3cc(Cl)ccc3s2)C1. The van der Waals surface area contributed by atoms with Crippen molar-refractivity contribution in [3.63, 3.8) is 0 Å². The van der Waals surface area contributed by atoms with Crippen LogP contribution in [0.1, 0.15) is 6.42 Å². The summed E-state index contributed by atoms with van der Waals surface area (Å²) < 4.78 is 28.1. The van der Waals surface area contributed by atoms with Gasteiger partial charge in [0.25, 0.3) is 10.0 Å². The summed E-state index contributed by atoms with van der Waals surface area (Å²) in [6.45, 7) is 1.61. The Morgan fingerprint density at radius 3 is 2.81 bits per heavy atom. The van der Waals surface area contributed by atoms with Crippen LogP contribution in [0.5, 0.6) is 0 Å². The smallest absolute Gasteiger partial charge is 0.252 e. The average molecular weight is 367 g/mol. The van der Waals surface area contributed by atoms with Crippen LogP contribution in [0.3, 0.4) is 0 Å².